The maximum atomic E-state index is 2.41. The van der Waals surface area contributed by atoms with Crippen molar-refractivity contribution in [2.45, 2.75) is 0 Å². The fourth-order valence-electron chi connectivity index (χ4n) is 8.96. The molecule has 0 amide bonds. The fourth-order valence-corrected chi connectivity index (χ4v) is 8.96. The molecule has 0 atom stereocenters. The Bertz CT molecular complexity index is 3230. The molecule has 282 valence electrons. The van der Waals surface area contributed by atoms with E-state index in [1.54, 1.807) is 0 Å². The molecular formula is C58H40N2. The van der Waals surface area contributed by atoms with Gasteiger partial charge in [-0.25, -0.2) is 0 Å². The molecule has 0 aliphatic rings. The van der Waals surface area contributed by atoms with Crippen LogP contribution in [0.3, 0.4) is 0 Å². The molecule has 0 spiro atoms. The summed E-state index contributed by atoms with van der Waals surface area (Å²) in [5.41, 5.74) is 16.5. The Balaban J connectivity index is 0.944. The summed E-state index contributed by atoms with van der Waals surface area (Å²) in [7, 11) is 0. The van der Waals surface area contributed by atoms with E-state index in [2.05, 4.69) is 252 Å². The zero-order chi connectivity index (χ0) is 39.8. The van der Waals surface area contributed by atoms with Crippen molar-refractivity contribution in [2.24, 2.45) is 0 Å². The number of nitrogens with zero attached hydrogens (tertiary/aromatic N) is 2. The summed E-state index contributed by atoms with van der Waals surface area (Å²) in [4.78, 5) is 2.38. The second kappa shape index (κ2) is 15.1. The number of para-hydroxylation sites is 3. The van der Waals surface area contributed by atoms with Crippen molar-refractivity contribution >= 4 is 49.6 Å². The van der Waals surface area contributed by atoms with Crippen LogP contribution >= 0.6 is 0 Å². The molecule has 0 aliphatic heterocycles. The van der Waals surface area contributed by atoms with Gasteiger partial charge in [-0.2, -0.15) is 0 Å². The van der Waals surface area contributed by atoms with Crippen molar-refractivity contribution < 1.29 is 0 Å². The van der Waals surface area contributed by atoms with Crippen LogP contribution in [0.4, 0.5) is 17.1 Å². The van der Waals surface area contributed by atoms with Crippen molar-refractivity contribution in [1.29, 1.82) is 0 Å². The lowest BCUT2D eigenvalue weighted by Crippen LogP contribution is -2.10. The molecule has 0 unspecified atom stereocenters. The summed E-state index contributed by atoms with van der Waals surface area (Å²) < 4.78 is 2.41. The Kier molecular flexibility index (Phi) is 8.87. The largest absolute Gasteiger partial charge is 0.310 e. The van der Waals surface area contributed by atoms with Gasteiger partial charge in [0.05, 0.1) is 22.4 Å². The Morgan fingerprint density at radius 3 is 1.32 bits per heavy atom. The standard InChI is InChI=1S/C58H40N2/c1-2-15-43(16-3-1)49-19-6-7-20-50(49)45-35-39-48(40-36-45)59(55-28-14-18-44-17-4-5-21-51(44)55)47-37-33-42(34-38-47)41-29-31-46(32-30-41)52-22-8-11-25-56(52)60-57-26-12-9-23-53(57)54-24-10-13-27-58(54)60/h1-40H. The van der Waals surface area contributed by atoms with Gasteiger partial charge in [-0.1, -0.05) is 194 Å². The molecule has 60 heavy (non-hydrogen) atoms. The van der Waals surface area contributed by atoms with Gasteiger partial charge < -0.3 is 9.47 Å². The average Bonchev–Trinajstić information content (AvgIpc) is 3.67. The molecule has 1 aromatic heterocycles. The highest BCUT2D eigenvalue weighted by Gasteiger charge is 2.18. The van der Waals surface area contributed by atoms with E-state index in [9.17, 15) is 0 Å². The van der Waals surface area contributed by atoms with Gasteiger partial charge in [-0.15, -0.1) is 0 Å². The monoisotopic (exact) mass is 764 g/mol. The zero-order valence-corrected chi connectivity index (χ0v) is 33.0. The molecule has 11 rings (SSSR count). The van der Waals surface area contributed by atoms with Crippen molar-refractivity contribution in [3.63, 3.8) is 0 Å². The smallest absolute Gasteiger partial charge is 0.0541 e. The number of rotatable bonds is 8. The molecule has 0 saturated heterocycles. The zero-order valence-electron chi connectivity index (χ0n) is 33.0. The molecule has 0 N–H and O–H groups in total. The third kappa shape index (κ3) is 6.23. The minimum atomic E-state index is 1.10. The lowest BCUT2D eigenvalue weighted by atomic mass is 9.94. The molecule has 0 fully saturated rings. The second-order valence-electron chi connectivity index (χ2n) is 15.3. The van der Waals surface area contributed by atoms with Gasteiger partial charge in [0.1, 0.15) is 0 Å². The van der Waals surface area contributed by atoms with Crippen molar-refractivity contribution in [2.75, 3.05) is 4.90 Å². The molecule has 0 aliphatic carbocycles. The topological polar surface area (TPSA) is 8.17 Å². The lowest BCUT2D eigenvalue weighted by molar-refractivity contribution is 1.18. The minimum Gasteiger partial charge on any atom is -0.310 e. The predicted molar refractivity (Wildman–Crippen MR) is 255 cm³/mol. The quantitative estimate of drug-likeness (QED) is 0.150. The van der Waals surface area contributed by atoms with Crippen LogP contribution in [0.1, 0.15) is 0 Å². The van der Waals surface area contributed by atoms with Crippen LogP contribution in [0.5, 0.6) is 0 Å². The van der Waals surface area contributed by atoms with E-state index in [0.717, 1.165) is 17.1 Å². The summed E-state index contributed by atoms with van der Waals surface area (Å²) in [6.45, 7) is 0. The predicted octanol–water partition coefficient (Wildman–Crippen LogP) is 16.1. The third-order valence-electron chi connectivity index (χ3n) is 11.8. The molecule has 0 radical (unpaired) electrons. The van der Waals surface area contributed by atoms with Crippen molar-refractivity contribution in [1.82, 2.24) is 4.57 Å². The van der Waals surface area contributed by atoms with Crippen LogP contribution in [-0.2, 0) is 0 Å². The van der Waals surface area contributed by atoms with Gasteiger partial charge in [-0.05, 0) is 92.9 Å². The molecule has 0 saturated carbocycles. The Labute approximate surface area is 350 Å². The molecule has 2 nitrogen and oxygen atoms in total. The first kappa shape index (κ1) is 35.2. The van der Waals surface area contributed by atoms with Crippen LogP contribution in [-0.4, -0.2) is 4.57 Å². The van der Waals surface area contributed by atoms with Crippen LogP contribution in [0, 0.1) is 0 Å². The summed E-state index contributed by atoms with van der Waals surface area (Å²) in [5.74, 6) is 0. The summed E-state index contributed by atoms with van der Waals surface area (Å²) in [5, 5.41) is 4.95. The van der Waals surface area contributed by atoms with E-state index in [1.807, 2.05) is 0 Å². The van der Waals surface area contributed by atoms with Crippen molar-refractivity contribution in [3.8, 4) is 50.2 Å². The molecule has 0 bridgehead atoms. The van der Waals surface area contributed by atoms with Gasteiger partial charge in [-0.3, -0.25) is 0 Å². The Morgan fingerprint density at radius 1 is 0.267 bits per heavy atom. The van der Waals surface area contributed by atoms with E-state index in [4.69, 9.17) is 0 Å². The van der Waals surface area contributed by atoms with Crippen LogP contribution in [0.15, 0.2) is 243 Å². The van der Waals surface area contributed by atoms with E-state index in [0.29, 0.717) is 0 Å². The third-order valence-corrected chi connectivity index (χ3v) is 11.8. The highest BCUT2D eigenvalue weighted by molar-refractivity contribution is 6.09. The van der Waals surface area contributed by atoms with E-state index in [1.165, 1.54) is 82.8 Å². The number of fused-ring (bicyclic) bond motifs is 4. The first-order valence-corrected chi connectivity index (χ1v) is 20.6. The number of benzene rings is 10. The first-order chi connectivity index (χ1) is 29.8. The first-order valence-electron chi connectivity index (χ1n) is 20.6. The number of hydrogen-bond donors (Lipinski definition) is 0. The van der Waals surface area contributed by atoms with Crippen LogP contribution in [0.2, 0.25) is 0 Å². The molecule has 11 aromatic rings. The lowest BCUT2D eigenvalue weighted by Gasteiger charge is -2.27. The number of anilines is 3. The second-order valence-corrected chi connectivity index (χ2v) is 15.3. The van der Waals surface area contributed by atoms with E-state index in [-0.39, 0.29) is 0 Å². The summed E-state index contributed by atoms with van der Waals surface area (Å²) >= 11 is 0. The van der Waals surface area contributed by atoms with E-state index < -0.39 is 0 Å². The number of hydrogen-bond acceptors (Lipinski definition) is 1. The summed E-state index contributed by atoms with van der Waals surface area (Å²) in [6.07, 6.45) is 0. The fraction of sp³-hybridized carbons (Fsp3) is 0. The Morgan fingerprint density at radius 2 is 0.683 bits per heavy atom. The van der Waals surface area contributed by atoms with Crippen LogP contribution < -0.4 is 4.90 Å². The van der Waals surface area contributed by atoms with Gasteiger partial charge >= 0.3 is 0 Å². The molecule has 1 heterocycles. The normalized spacial score (nSPS) is 11.3. The molecule has 10 aromatic carbocycles. The number of aromatic nitrogens is 1. The average molecular weight is 765 g/mol. The highest BCUT2D eigenvalue weighted by atomic mass is 15.1. The van der Waals surface area contributed by atoms with E-state index >= 15 is 0 Å². The Hall–Kier alpha value is -7.94. The van der Waals surface area contributed by atoms with Gasteiger partial charge in [0, 0.05) is 33.1 Å². The summed E-state index contributed by atoms with van der Waals surface area (Å²) in [6, 6.07) is 87.7. The molecular weight excluding hydrogens is 725 g/mol. The molecule has 2 heteroatoms. The maximum Gasteiger partial charge on any atom is 0.0541 e. The van der Waals surface area contributed by atoms with Crippen LogP contribution in [0.25, 0.3) is 82.8 Å². The van der Waals surface area contributed by atoms with Crippen molar-refractivity contribution in [3.05, 3.63) is 243 Å². The minimum absolute atomic E-state index is 1.10. The van der Waals surface area contributed by atoms with Gasteiger partial charge in [0.2, 0.25) is 0 Å². The highest BCUT2D eigenvalue weighted by Crippen LogP contribution is 2.42. The SMILES string of the molecule is c1ccc(-c2ccccc2-c2ccc(N(c3ccc(-c4ccc(-c5ccccc5-n5c6ccccc6c6ccccc65)cc4)cc3)c3cccc4ccccc34)cc2)cc1. The maximum absolute atomic E-state index is 2.41. The van der Waals surface area contributed by atoms with Gasteiger partial charge in [0.15, 0.2) is 0 Å². The van der Waals surface area contributed by atoms with Gasteiger partial charge in [0.25, 0.3) is 0 Å².